The molecule has 156 valence electrons. The molecule has 2 aromatic heterocycles. The summed E-state index contributed by atoms with van der Waals surface area (Å²) in [5.74, 6) is 0.574. The van der Waals surface area contributed by atoms with Crippen LogP contribution < -0.4 is 11.1 Å². The highest BCUT2D eigenvalue weighted by Crippen LogP contribution is 2.28. The van der Waals surface area contributed by atoms with Crippen LogP contribution in [0, 0.1) is 5.92 Å². The summed E-state index contributed by atoms with van der Waals surface area (Å²) in [6.45, 7) is 2.25. The molecule has 0 saturated heterocycles. The van der Waals surface area contributed by atoms with Gasteiger partial charge < -0.3 is 20.4 Å². The van der Waals surface area contributed by atoms with Crippen LogP contribution in [0.3, 0.4) is 0 Å². The Hall–Kier alpha value is -3.42. The average molecular weight is 407 g/mol. The largest absolute Gasteiger partial charge is 0.466 e. The molecule has 1 saturated carbocycles. The predicted octanol–water partition coefficient (Wildman–Crippen LogP) is 3.05. The first-order valence-corrected chi connectivity index (χ1v) is 10.2. The molecule has 4 rings (SSSR count). The highest BCUT2D eigenvalue weighted by Gasteiger charge is 2.27. The first-order chi connectivity index (χ1) is 14.6. The Balaban J connectivity index is 1.51. The van der Waals surface area contributed by atoms with Gasteiger partial charge in [-0.3, -0.25) is 9.59 Å². The first kappa shape index (κ1) is 19.9. The molecule has 3 aromatic rings. The van der Waals surface area contributed by atoms with E-state index in [0.717, 1.165) is 36.6 Å². The molecule has 0 atom stereocenters. The van der Waals surface area contributed by atoms with Crippen molar-refractivity contribution in [2.75, 3.05) is 11.9 Å². The van der Waals surface area contributed by atoms with Crippen LogP contribution in [0.4, 0.5) is 5.95 Å². The van der Waals surface area contributed by atoms with Crippen LogP contribution in [-0.4, -0.2) is 39.1 Å². The van der Waals surface area contributed by atoms with E-state index in [1.54, 1.807) is 18.5 Å². The van der Waals surface area contributed by atoms with Gasteiger partial charge in [0.1, 0.15) is 5.82 Å². The number of nitrogens with one attached hydrogen (secondary N) is 1. The molecule has 2 heterocycles. The van der Waals surface area contributed by atoms with Crippen LogP contribution in [0.25, 0.3) is 16.7 Å². The van der Waals surface area contributed by atoms with Gasteiger partial charge in [0.05, 0.1) is 23.6 Å². The summed E-state index contributed by atoms with van der Waals surface area (Å²) in [5.41, 5.74) is 6.85. The van der Waals surface area contributed by atoms with E-state index in [2.05, 4.69) is 15.3 Å². The van der Waals surface area contributed by atoms with Gasteiger partial charge in [-0.1, -0.05) is 18.2 Å². The maximum atomic E-state index is 11.9. The summed E-state index contributed by atoms with van der Waals surface area (Å²) in [6.07, 6.45) is 6.70. The quantitative estimate of drug-likeness (QED) is 0.608. The Morgan fingerprint density at radius 3 is 2.70 bits per heavy atom. The summed E-state index contributed by atoms with van der Waals surface area (Å²) in [4.78, 5) is 32.7. The molecule has 1 aromatic carbocycles. The monoisotopic (exact) mass is 407 g/mol. The van der Waals surface area contributed by atoms with Crippen LogP contribution in [0.1, 0.15) is 43.0 Å². The SMILES string of the molecule is CCOC(=O)C1CCC(Nc2nccc(-n3cc(C(N)=O)c4ccccc43)n2)CC1. The molecule has 0 unspecified atom stereocenters. The van der Waals surface area contributed by atoms with Gasteiger partial charge in [0, 0.05) is 23.8 Å². The lowest BCUT2D eigenvalue weighted by Crippen LogP contribution is -2.30. The van der Waals surface area contributed by atoms with E-state index >= 15 is 0 Å². The van der Waals surface area contributed by atoms with E-state index < -0.39 is 5.91 Å². The Kier molecular flexibility index (Phi) is 5.65. The van der Waals surface area contributed by atoms with Crippen molar-refractivity contribution in [1.29, 1.82) is 0 Å². The lowest BCUT2D eigenvalue weighted by Gasteiger charge is -2.27. The summed E-state index contributed by atoms with van der Waals surface area (Å²) in [7, 11) is 0. The summed E-state index contributed by atoms with van der Waals surface area (Å²) < 4.78 is 6.98. The molecule has 1 aliphatic rings. The Morgan fingerprint density at radius 2 is 1.97 bits per heavy atom. The number of nitrogens with zero attached hydrogens (tertiary/aromatic N) is 3. The van der Waals surface area contributed by atoms with E-state index in [9.17, 15) is 9.59 Å². The molecule has 0 spiro atoms. The van der Waals surface area contributed by atoms with Crippen LogP contribution in [0.5, 0.6) is 0 Å². The van der Waals surface area contributed by atoms with Crippen molar-refractivity contribution >= 4 is 28.7 Å². The van der Waals surface area contributed by atoms with Crippen LogP contribution in [-0.2, 0) is 9.53 Å². The molecule has 30 heavy (non-hydrogen) atoms. The third-order valence-electron chi connectivity index (χ3n) is 5.55. The maximum absolute atomic E-state index is 11.9. The number of primary amides is 1. The lowest BCUT2D eigenvalue weighted by atomic mass is 9.86. The van der Waals surface area contributed by atoms with Gasteiger partial charge in [0.25, 0.3) is 5.91 Å². The minimum absolute atomic E-state index is 0.0197. The molecule has 0 radical (unpaired) electrons. The van der Waals surface area contributed by atoms with Gasteiger partial charge in [0.2, 0.25) is 5.95 Å². The van der Waals surface area contributed by atoms with Crippen molar-refractivity contribution in [2.24, 2.45) is 11.7 Å². The fraction of sp³-hybridized carbons (Fsp3) is 0.364. The van der Waals surface area contributed by atoms with E-state index in [0.29, 0.717) is 23.9 Å². The molecule has 1 fully saturated rings. The second-order valence-corrected chi connectivity index (χ2v) is 7.48. The smallest absolute Gasteiger partial charge is 0.308 e. The number of hydrogen-bond donors (Lipinski definition) is 2. The molecular formula is C22H25N5O3. The van der Waals surface area contributed by atoms with Gasteiger partial charge in [-0.05, 0) is 44.7 Å². The number of para-hydroxylation sites is 1. The molecule has 8 nitrogen and oxygen atoms in total. The fourth-order valence-electron chi connectivity index (χ4n) is 4.03. The second kappa shape index (κ2) is 8.52. The number of hydrogen-bond acceptors (Lipinski definition) is 6. The third-order valence-corrected chi connectivity index (χ3v) is 5.55. The maximum Gasteiger partial charge on any atom is 0.308 e. The third kappa shape index (κ3) is 3.98. The van der Waals surface area contributed by atoms with Gasteiger partial charge in [-0.25, -0.2) is 4.98 Å². The molecule has 3 N–H and O–H groups in total. The molecule has 1 amide bonds. The topological polar surface area (TPSA) is 112 Å². The Labute approximate surface area is 174 Å². The zero-order valence-corrected chi connectivity index (χ0v) is 16.9. The zero-order valence-electron chi connectivity index (χ0n) is 16.9. The minimum atomic E-state index is -0.476. The van der Waals surface area contributed by atoms with Gasteiger partial charge in [-0.2, -0.15) is 4.98 Å². The fourth-order valence-corrected chi connectivity index (χ4v) is 4.03. The number of fused-ring (bicyclic) bond motifs is 1. The number of aromatic nitrogens is 3. The highest BCUT2D eigenvalue weighted by atomic mass is 16.5. The van der Waals surface area contributed by atoms with E-state index in [1.165, 1.54) is 0 Å². The normalized spacial score (nSPS) is 18.8. The van der Waals surface area contributed by atoms with Gasteiger partial charge in [0.15, 0.2) is 0 Å². The number of carbonyl (C=O) groups excluding carboxylic acids is 2. The number of esters is 1. The number of ether oxygens (including phenoxy) is 1. The summed E-state index contributed by atoms with van der Waals surface area (Å²) >= 11 is 0. The first-order valence-electron chi connectivity index (χ1n) is 10.2. The Morgan fingerprint density at radius 1 is 1.20 bits per heavy atom. The molecule has 0 bridgehead atoms. The van der Waals surface area contributed by atoms with E-state index in [1.807, 2.05) is 35.8 Å². The van der Waals surface area contributed by atoms with Gasteiger partial charge >= 0.3 is 5.97 Å². The van der Waals surface area contributed by atoms with Crippen molar-refractivity contribution < 1.29 is 14.3 Å². The number of nitrogens with two attached hydrogens (primary N) is 1. The van der Waals surface area contributed by atoms with E-state index in [-0.39, 0.29) is 17.9 Å². The average Bonchev–Trinajstić information content (AvgIpc) is 3.15. The number of anilines is 1. The zero-order chi connectivity index (χ0) is 21.1. The summed E-state index contributed by atoms with van der Waals surface area (Å²) in [5, 5.41) is 4.17. The number of carbonyl (C=O) groups is 2. The van der Waals surface area contributed by atoms with Crippen LogP contribution >= 0.6 is 0 Å². The lowest BCUT2D eigenvalue weighted by molar-refractivity contribution is -0.149. The number of rotatable bonds is 6. The van der Waals surface area contributed by atoms with E-state index in [4.69, 9.17) is 10.5 Å². The standard InChI is InChI=1S/C22H25N5O3/c1-2-30-21(29)14-7-9-15(10-8-14)25-22-24-12-11-19(26-22)27-13-17(20(23)28)16-5-3-4-6-18(16)27/h3-6,11-15H,2,7-10H2,1H3,(H2,23,28)(H,24,25,26). The minimum Gasteiger partial charge on any atom is -0.466 e. The molecule has 8 heteroatoms. The molecular weight excluding hydrogens is 382 g/mol. The van der Waals surface area contributed by atoms with Crippen molar-refractivity contribution in [3.8, 4) is 5.82 Å². The molecule has 0 aliphatic heterocycles. The number of amides is 1. The van der Waals surface area contributed by atoms with Crippen molar-refractivity contribution in [3.63, 3.8) is 0 Å². The Bertz CT molecular complexity index is 1070. The highest BCUT2D eigenvalue weighted by molar-refractivity contribution is 6.06. The van der Waals surface area contributed by atoms with Crippen LogP contribution in [0.2, 0.25) is 0 Å². The second-order valence-electron chi connectivity index (χ2n) is 7.48. The molecule has 1 aliphatic carbocycles. The predicted molar refractivity (Wildman–Crippen MR) is 113 cm³/mol. The van der Waals surface area contributed by atoms with Crippen molar-refractivity contribution in [2.45, 2.75) is 38.6 Å². The van der Waals surface area contributed by atoms with Crippen molar-refractivity contribution in [1.82, 2.24) is 14.5 Å². The van der Waals surface area contributed by atoms with Crippen molar-refractivity contribution in [3.05, 3.63) is 48.3 Å². The van der Waals surface area contributed by atoms with Gasteiger partial charge in [-0.15, -0.1) is 0 Å². The number of benzene rings is 1. The summed E-state index contributed by atoms with van der Waals surface area (Å²) in [6, 6.07) is 9.57. The van der Waals surface area contributed by atoms with Crippen LogP contribution in [0.15, 0.2) is 42.7 Å².